The fraction of sp³-hybridized carbons (Fsp3) is 0.385. The summed E-state index contributed by atoms with van der Waals surface area (Å²) < 4.78 is 1.76. The van der Waals surface area contributed by atoms with Gasteiger partial charge in [-0.3, -0.25) is 4.57 Å². The van der Waals surface area contributed by atoms with Crippen LogP contribution in [0.3, 0.4) is 0 Å². The van der Waals surface area contributed by atoms with Crippen molar-refractivity contribution in [3.63, 3.8) is 0 Å². The van der Waals surface area contributed by atoms with Crippen LogP contribution in [0.1, 0.15) is 18.9 Å². The minimum atomic E-state index is -1.30. The third kappa shape index (κ3) is 2.27. The van der Waals surface area contributed by atoms with Crippen LogP contribution < -0.4 is 5.69 Å². The minimum Gasteiger partial charge on any atom is -0.448 e. The molecule has 0 radical (unpaired) electrons. The van der Waals surface area contributed by atoms with Crippen molar-refractivity contribution >= 4 is 17.2 Å². The van der Waals surface area contributed by atoms with E-state index in [1.807, 2.05) is 24.3 Å². The van der Waals surface area contributed by atoms with Gasteiger partial charge in [0, 0.05) is 19.1 Å². The largest absolute Gasteiger partial charge is 0.525 e. The molecule has 7 nitrogen and oxygen atoms in total. The Hall–Kier alpha value is -2.28. The second kappa shape index (κ2) is 5.01. The number of aromatic amines is 1. The summed E-state index contributed by atoms with van der Waals surface area (Å²) in [6.45, 7) is 0.978. The number of hydrogen-bond donors (Lipinski definition) is 2. The van der Waals surface area contributed by atoms with E-state index in [4.69, 9.17) is 5.11 Å². The molecule has 1 saturated heterocycles. The molecule has 1 fully saturated rings. The summed E-state index contributed by atoms with van der Waals surface area (Å²) in [4.78, 5) is 30.0. The number of imidazole rings is 1. The zero-order chi connectivity index (χ0) is 14.1. The maximum absolute atomic E-state index is 12.1. The molecule has 3 rings (SSSR count). The number of hydrogen-bond acceptors (Lipinski definition) is 4. The SMILES string of the molecule is O=C(O)ON1CCC(n2c(=O)[nH]c3ccccc32)CC1. The molecule has 1 aliphatic heterocycles. The fourth-order valence-electron chi connectivity index (χ4n) is 2.74. The van der Waals surface area contributed by atoms with Crippen LogP contribution in [0.5, 0.6) is 0 Å². The van der Waals surface area contributed by atoms with E-state index in [0.717, 1.165) is 11.0 Å². The molecule has 2 aromatic rings. The number of carboxylic acid groups (broad SMARTS) is 1. The quantitative estimate of drug-likeness (QED) is 0.870. The Balaban J connectivity index is 1.82. The number of fused-ring (bicyclic) bond motifs is 1. The van der Waals surface area contributed by atoms with Crippen LogP contribution in [0, 0.1) is 0 Å². The first-order chi connectivity index (χ1) is 9.65. The van der Waals surface area contributed by atoms with Crippen LogP contribution >= 0.6 is 0 Å². The van der Waals surface area contributed by atoms with Crippen molar-refractivity contribution in [1.29, 1.82) is 0 Å². The highest BCUT2D eigenvalue weighted by Gasteiger charge is 2.25. The third-order valence-electron chi connectivity index (χ3n) is 3.62. The molecule has 2 N–H and O–H groups in total. The topological polar surface area (TPSA) is 87.6 Å². The predicted molar refractivity (Wildman–Crippen MR) is 71.5 cm³/mol. The molecule has 0 unspecified atom stereocenters. The van der Waals surface area contributed by atoms with E-state index in [1.54, 1.807) is 4.57 Å². The van der Waals surface area contributed by atoms with Gasteiger partial charge >= 0.3 is 11.8 Å². The maximum Gasteiger partial charge on any atom is 0.525 e. The van der Waals surface area contributed by atoms with E-state index in [1.165, 1.54) is 5.06 Å². The van der Waals surface area contributed by atoms with Crippen LogP contribution in [-0.2, 0) is 4.84 Å². The van der Waals surface area contributed by atoms with Crippen LogP contribution in [0.2, 0.25) is 0 Å². The van der Waals surface area contributed by atoms with E-state index in [2.05, 4.69) is 9.82 Å². The number of nitrogens with one attached hydrogen (secondary N) is 1. The predicted octanol–water partition coefficient (Wildman–Crippen LogP) is 1.58. The highest BCUT2D eigenvalue weighted by molar-refractivity contribution is 5.75. The average Bonchev–Trinajstić information content (AvgIpc) is 2.75. The highest BCUT2D eigenvalue weighted by atomic mass is 16.8. The average molecular weight is 277 g/mol. The van der Waals surface area contributed by atoms with Gasteiger partial charge in [0.2, 0.25) is 0 Å². The first-order valence-electron chi connectivity index (χ1n) is 6.50. The number of rotatable bonds is 2. The highest BCUT2D eigenvalue weighted by Crippen LogP contribution is 2.24. The number of aromatic nitrogens is 2. The summed E-state index contributed by atoms with van der Waals surface area (Å²) in [5, 5.41) is 9.99. The van der Waals surface area contributed by atoms with Gasteiger partial charge in [-0.25, -0.2) is 9.59 Å². The normalized spacial score (nSPS) is 17.4. The molecule has 106 valence electrons. The fourth-order valence-corrected chi connectivity index (χ4v) is 2.74. The van der Waals surface area contributed by atoms with Crippen molar-refractivity contribution in [2.75, 3.05) is 13.1 Å². The van der Waals surface area contributed by atoms with Crippen molar-refractivity contribution in [3.8, 4) is 0 Å². The van der Waals surface area contributed by atoms with Crippen molar-refractivity contribution in [1.82, 2.24) is 14.6 Å². The van der Waals surface area contributed by atoms with E-state index < -0.39 is 6.16 Å². The first-order valence-corrected chi connectivity index (χ1v) is 6.50. The van der Waals surface area contributed by atoms with Gasteiger partial charge in [-0.15, -0.1) is 5.06 Å². The van der Waals surface area contributed by atoms with Gasteiger partial charge in [0.25, 0.3) is 0 Å². The smallest absolute Gasteiger partial charge is 0.448 e. The Bertz CT molecular complexity index is 682. The number of nitrogens with zero attached hydrogens (tertiary/aromatic N) is 2. The summed E-state index contributed by atoms with van der Waals surface area (Å²) in [7, 11) is 0. The van der Waals surface area contributed by atoms with Gasteiger partial charge in [0.1, 0.15) is 0 Å². The zero-order valence-corrected chi connectivity index (χ0v) is 10.8. The van der Waals surface area contributed by atoms with Gasteiger partial charge in [0.05, 0.1) is 11.0 Å². The molecule has 0 amide bonds. The molecule has 0 atom stereocenters. The zero-order valence-electron chi connectivity index (χ0n) is 10.8. The molecule has 0 spiro atoms. The molecule has 0 saturated carbocycles. The Morgan fingerprint density at radius 3 is 2.70 bits per heavy atom. The Kier molecular flexibility index (Phi) is 3.19. The molecule has 20 heavy (non-hydrogen) atoms. The Morgan fingerprint density at radius 2 is 2.00 bits per heavy atom. The summed E-state index contributed by atoms with van der Waals surface area (Å²) >= 11 is 0. The molecule has 0 aliphatic carbocycles. The van der Waals surface area contributed by atoms with E-state index in [0.29, 0.717) is 25.9 Å². The number of H-pyrrole nitrogens is 1. The van der Waals surface area contributed by atoms with E-state index >= 15 is 0 Å². The lowest BCUT2D eigenvalue weighted by molar-refractivity contribution is -0.134. The van der Waals surface area contributed by atoms with Crippen LogP contribution in [0.25, 0.3) is 11.0 Å². The molecular weight excluding hydrogens is 262 g/mol. The van der Waals surface area contributed by atoms with Crippen LogP contribution in [0.15, 0.2) is 29.1 Å². The number of hydroxylamine groups is 2. The molecule has 2 heterocycles. The van der Waals surface area contributed by atoms with Gasteiger partial charge in [-0.2, -0.15) is 0 Å². The Labute approximate surface area is 114 Å². The maximum atomic E-state index is 12.1. The second-order valence-corrected chi connectivity index (χ2v) is 4.83. The van der Waals surface area contributed by atoms with Crippen molar-refractivity contribution < 1.29 is 14.7 Å². The molecule has 0 bridgehead atoms. The van der Waals surface area contributed by atoms with Crippen molar-refractivity contribution in [3.05, 3.63) is 34.7 Å². The standard InChI is InChI=1S/C13H15N3O4/c17-12-14-10-3-1-2-4-11(10)16(12)9-5-7-15(8-6-9)20-13(18)19/h1-4,9H,5-8H2,(H,14,17)(H,18,19). The lowest BCUT2D eigenvalue weighted by Gasteiger charge is -2.30. The molecule has 7 heteroatoms. The number of piperidine rings is 1. The molecular formula is C13H15N3O4. The monoisotopic (exact) mass is 277 g/mol. The van der Waals surface area contributed by atoms with Gasteiger partial charge in [0.15, 0.2) is 0 Å². The van der Waals surface area contributed by atoms with Crippen LogP contribution in [-0.4, -0.2) is 39.0 Å². The summed E-state index contributed by atoms with van der Waals surface area (Å²) in [6, 6.07) is 7.62. The summed E-state index contributed by atoms with van der Waals surface area (Å²) in [5.41, 5.74) is 1.58. The lowest BCUT2D eigenvalue weighted by atomic mass is 10.1. The number of benzene rings is 1. The third-order valence-corrected chi connectivity index (χ3v) is 3.62. The molecule has 1 aliphatic rings. The number of carbonyl (C=O) groups is 1. The summed E-state index contributed by atoms with van der Waals surface area (Å²) in [5.74, 6) is 0. The number of para-hydroxylation sites is 2. The van der Waals surface area contributed by atoms with E-state index in [-0.39, 0.29) is 11.7 Å². The lowest BCUT2D eigenvalue weighted by Crippen LogP contribution is -2.38. The van der Waals surface area contributed by atoms with Crippen molar-refractivity contribution in [2.45, 2.75) is 18.9 Å². The minimum absolute atomic E-state index is 0.0623. The van der Waals surface area contributed by atoms with Gasteiger partial charge < -0.3 is 14.9 Å². The second-order valence-electron chi connectivity index (χ2n) is 4.83. The Morgan fingerprint density at radius 1 is 1.30 bits per heavy atom. The molecule has 1 aromatic carbocycles. The van der Waals surface area contributed by atoms with Crippen LogP contribution in [0.4, 0.5) is 4.79 Å². The van der Waals surface area contributed by atoms with Gasteiger partial charge in [-0.05, 0) is 25.0 Å². The molecule has 1 aromatic heterocycles. The first kappa shape index (κ1) is 12.7. The van der Waals surface area contributed by atoms with Gasteiger partial charge in [-0.1, -0.05) is 12.1 Å². The van der Waals surface area contributed by atoms with E-state index in [9.17, 15) is 9.59 Å². The summed E-state index contributed by atoms with van der Waals surface area (Å²) in [6.07, 6.45) is 0.0528. The van der Waals surface area contributed by atoms with Crippen molar-refractivity contribution in [2.24, 2.45) is 0 Å².